The van der Waals surface area contributed by atoms with E-state index in [0.717, 1.165) is 12.4 Å². The van der Waals surface area contributed by atoms with Crippen LogP contribution in [-0.2, 0) is 20.3 Å². The highest BCUT2D eigenvalue weighted by Crippen LogP contribution is 2.28. The van der Waals surface area contributed by atoms with Gasteiger partial charge in [-0.15, -0.1) is 10.2 Å². The Morgan fingerprint density at radius 1 is 1.03 bits per heavy atom. The van der Waals surface area contributed by atoms with E-state index in [-0.39, 0.29) is 18.3 Å². The minimum Gasteiger partial charge on any atom is -0.481 e. The Kier molecular flexibility index (Phi) is 7.65. The first kappa shape index (κ1) is 25.3. The molecule has 0 unspecified atom stereocenters. The van der Waals surface area contributed by atoms with Gasteiger partial charge in [0.2, 0.25) is 5.88 Å². The number of para-hydroxylation sites is 1. The van der Waals surface area contributed by atoms with Gasteiger partial charge in [0.1, 0.15) is 17.6 Å². The van der Waals surface area contributed by atoms with Crippen LogP contribution in [0.5, 0.6) is 5.88 Å². The summed E-state index contributed by atoms with van der Waals surface area (Å²) in [6.45, 7) is 3.46. The lowest BCUT2D eigenvalue weighted by molar-refractivity contribution is 0.0555. The second-order valence-electron chi connectivity index (χ2n) is 7.82. The first-order valence-electron chi connectivity index (χ1n) is 11.2. The lowest BCUT2D eigenvalue weighted by Gasteiger charge is -2.22. The maximum Gasteiger partial charge on any atom is 0.213 e. The van der Waals surface area contributed by atoms with Gasteiger partial charge in [-0.05, 0) is 32.0 Å². The van der Waals surface area contributed by atoms with Gasteiger partial charge >= 0.3 is 0 Å². The second kappa shape index (κ2) is 10.9. The van der Waals surface area contributed by atoms with Crippen molar-refractivity contribution in [2.24, 2.45) is 0 Å². The summed E-state index contributed by atoms with van der Waals surface area (Å²) < 4.78 is 53.0. The largest absolute Gasteiger partial charge is 0.481 e. The van der Waals surface area contributed by atoms with Crippen molar-refractivity contribution in [3.8, 4) is 23.1 Å². The third kappa shape index (κ3) is 5.39. The zero-order chi connectivity index (χ0) is 25.7. The highest BCUT2D eigenvalue weighted by atomic mass is 32.2. The summed E-state index contributed by atoms with van der Waals surface area (Å²) in [7, 11) is -2.37. The van der Waals surface area contributed by atoms with E-state index in [1.165, 1.54) is 14.0 Å². The standard InChI is InChI=1S/C24H25FN6O4S/c1-4-35-22(23-26-13-17(25)14-27-23)16(2)36(32,33)15-20-29-30-24(19-11-8-12-21(28-19)34-3)31(20)18-9-6-5-7-10-18/h5-14,16,22H,4,15H2,1-3H3/t16-,22-/m0/s1. The van der Waals surface area contributed by atoms with Crippen molar-refractivity contribution in [1.29, 1.82) is 0 Å². The molecule has 3 heterocycles. The second-order valence-corrected chi connectivity index (χ2v) is 10.2. The molecule has 0 aliphatic rings. The molecule has 4 aromatic rings. The average Bonchev–Trinajstić information content (AvgIpc) is 3.31. The number of benzene rings is 1. The summed E-state index contributed by atoms with van der Waals surface area (Å²) in [5, 5.41) is 7.42. The fourth-order valence-electron chi connectivity index (χ4n) is 3.65. The summed E-state index contributed by atoms with van der Waals surface area (Å²) in [6.07, 6.45) is 0.966. The summed E-state index contributed by atoms with van der Waals surface area (Å²) in [5.41, 5.74) is 1.14. The van der Waals surface area contributed by atoms with E-state index in [1.807, 2.05) is 30.3 Å². The Hall–Kier alpha value is -3.77. The minimum absolute atomic E-state index is 0.0834. The molecule has 188 valence electrons. The molecule has 0 bridgehead atoms. The number of sulfone groups is 1. The molecule has 0 saturated heterocycles. The quantitative estimate of drug-likeness (QED) is 0.315. The van der Waals surface area contributed by atoms with Crippen LogP contribution >= 0.6 is 0 Å². The minimum atomic E-state index is -3.87. The summed E-state index contributed by atoms with van der Waals surface area (Å²) in [4.78, 5) is 12.3. The highest BCUT2D eigenvalue weighted by Gasteiger charge is 2.35. The van der Waals surface area contributed by atoms with Crippen molar-refractivity contribution in [1.82, 2.24) is 29.7 Å². The molecule has 0 aliphatic carbocycles. The summed E-state index contributed by atoms with van der Waals surface area (Å²) in [6, 6.07) is 14.4. The lowest BCUT2D eigenvalue weighted by atomic mass is 10.2. The molecule has 0 aliphatic heterocycles. The molecule has 4 rings (SSSR count). The molecule has 10 nitrogen and oxygen atoms in total. The van der Waals surface area contributed by atoms with Crippen LogP contribution in [0.1, 0.15) is 31.6 Å². The van der Waals surface area contributed by atoms with Crippen molar-refractivity contribution < 1.29 is 22.3 Å². The van der Waals surface area contributed by atoms with Gasteiger partial charge in [-0.1, -0.05) is 24.3 Å². The van der Waals surface area contributed by atoms with Gasteiger partial charge in [-0.3, -0.25) is 4.57 Å². The average molecular weight is 513 g/mol. The third-order valence-electron chi connectivity index (χ3n) is 5.47. The molecule has 0 N–H and O–H groups in total. The number of nitrogens with zero attached hydrogens (tertiary/aromatic N) is 6. The van der Waals surface area contributed by atoms with E-state index >= 15 is 0 Å². The number of hydrogen-bond acceptors (Lipinski definition) is 9. The van der Waals surface area contributed by atoms with Crippen LogP contribution in [0.2, 0.25) is 0 Å². The topological polar surface area (TPSA) is 122 Å². The number of ether oxygens (including phenoxy) is 2. The fourth-order valence-corrected chi connectivity index (χ4v) is 5.03. The van der Waals surface area contributed by atoms with Crippen molar-refractivity contribution in [2.75, 3.05) is 13.7 Å². The first-order valence-corrected chi connectivity index (χ1v) is 12.9. The Labute approximate surface area is 208 Å². The number of rotatable bonds is 10. The van der Waals surface area contributed by atoms with Crippen LogP contribution in [0.3, 0.4) is 0 Å². The molecular weight excluding hydrogens is 487 g/mol. The van der Waals surface area contributed by atoms with E-state index < -0.39 is 32.8 Å². The van der Waals surface area contributed by atoms with Gasteiger partial charge in [-0.2, -0.15) is 0 Å². The molecule has 2 atom stereocenters. The number of pyridine rings is 1. The van der Waals surface area contributed by atoms with E-state index in [1.54, 1.807) is 29.7 Å². The van der Waals surface area contributed by atoms with Gasteiger partial charge in [0.15, 0.2) is 33.1 Å². The van der Waals surface area contributed by atoms with Crippen molar-refractivity contribution in [3.05, 3.63) is 78.4 Å². The number of methoxy groups -OCH3 is 1. The summed E-state index contributed by atoms with van der Waals surface area (Å²) >= 11 is 0. The normalized spacial score (nSPS) is 13.3. The van der Waals surface area contributed by atoms with E-state index in [2.05, 4.69) is 25.1 Å². The molecule has 0 saturated carbocycles. The monoisotopic (exact) mass is 512 g/mol. The fraction of sp³-hybridized carbons (Fsp3) is 0.292. The molecular formula is C24H25FN6O4S. The molecule has 12 heteroatoms. The van der Waals surface area contributed by atoms with Crippen LogP contribution < -0.4 is 4.74 Å². The van der Waals surface area contributed by atoms with E-state index in [9.17, 15) is 12.8 Å². The van der Waals surface area contributed by atoms with Crippen molar-refractivity contribution >= 4 is 9.84 Å². The summed E-state index contributed by atoms with van der Waals surface area (Å²) in [5.74, 6) is -0.0368. The number of halogens is 1. The Balaban J connectivity index is 1.74. The maximum absolute atomic E-state index is 13.6. The van der Waals surface area contributed by atoms with E-state index in [0.29, 0.717) is 23.1 Å². The molecule has 0 spiro atoms. The predicted octanol–water partition coefficient (Wildman–Crippen LogP) is 3.35. The van der Waals surface area contributed by atoms with E-state index in [4.69, 9.17) is 9.47 Å². The molecule has 1 aromatic carbocycles. The SMILES string of the molecule is CCO[C@H](c1ncc(F)cn1)[C@H](C)S(=O)(=O)Cc1nnc(-c2cccc(OC)n2)n1-c1ccccc1. The zero-order valence-electron chi connectivity index (χ0n) is 19.9. The molecule has 36 heavy (non-hydrogen) atoms. The van der Waals surface area contributed by atoms with Crippen LogP contribution in [0, 0.1) is 5.82 Å². The van der Waals surface area contributed by atoms with Gasteiger partial charge in [0.05, 0.1) is 24.8 Å². The van der Waals surface area contributed by atoms with Crippen LogP contribution in [0.4, 0.5) is 4.39 Å². The highest BCUT2D eigenvalue weighted by molar-refractivity contribution is 7.91. The molecule has 0 fully saturated rings. The Morgan fingerprint density at radius 3 is 2.42 bits per heavy atom. The molecule has 0 radical (unpaired) electrons. The Bertz CT molecular complexity index is 1410. The Morgan fingerprint density at radius 2 is 1.75 bits per heavy atom. The molecule has 0 amide bonds. The maximum atomic E-state index is 13.6. The van der Waals surface area contributed by atoms with Crippen molar-refractivity contribution in [2.45, 2.75) is 31.0 Å². The van der Waals surface area contributed by atoms with Crippen molar-refractivity contribution in [3.63, 3.8) is 0 Å². The predicted molar refractivity (Wildman–Crippen MR) is 130 cm³/mol. The van der Waals surface area contributed by atoms with Crippen LogP contribution in [-0.4, -0.2) is 57.1 Å². The number of hydrogen-bond donors (Lipinski definition) is 0. The zero-order valence-corrected chi connectivity index (χ0v) is 20.8. The smallest absolute Gasteiger partial charge is 0.213 e. The van der Waals surface area contributed by atoms with Crippen LogP contribution in [0.25, 0.3) is 17.2 Å². The van der Waals surface area contributed by atoms with Gasteiger partial charge in [0, 0.05) is 18.4 Å². The van der Waals surface area contributed by atoms with Gasteiger partial charge < -0.3 is 9.47 Å². The molecule has 3 aromatic heterocycles. The lowest BCUT2D eigenvalue weighted by Crippen LogP contribution is -2.30. The number of aromatic nitrogens is 6. The van der Waals surface area contributed by atoms with Gasteiger partial charge in [-0.25, -0.2) is 27.8 Å². The third-order valence-corrected chi connectivity index (χ3v) is 7.51. The van der Waals surface area contributed by atoms with Crippen LogP contribution in [0.15, 0.2) is 60.9 Å². The first-order chi connectivity index (χ1) is 17.3. The van der Waals surface area contributed by atoms with Gasteiger partial charge in [0.25, 0.3) is 0 Å².